The minimum atomic E-state index is -1.01. The van der Waals surface area contributed by atoms with Gasteiger partial charge in [-0.2, -0.15) is 0 Å². The van der Waals surface area contributed by atoms with Crippen LogP contribution in [-0.4, -0.2) is 28.6 Å². The number of carbonyl (C=O) groups is 2. The SMILES string of the molecule is C=C/C=C(Cl)\C=C/CC(CNC(=O)O/C(C=C)=C/C=C(\C)[N+](=O)[O-])CC(=O)O. The summed E-state index contributed by atoms with van der Waals surface area (Å²) < 4.78 is 4.98. The summed E-state index contributed by atoms with van der Waals surface area (Å²) in [7, 11) is 0. The van der Waals surface area contributed by atoms with Crippen LogP contribution in [0.3, 0.4) is 0 Å². The van der Waals surface area contributed by atoms with Crippen LogP contribution < -0.4 is 5.32 Å². The molecule has 8 nitrogen and oxygen atoms in total. The number of alkyl carbamates (subject to hydrolysis) is 1. The molecule has 0 aliphatic heterocycles. The molecule has 152 valence electrons. The fraction of sp³-hybridized carbons (Fsp3) is 0.263. The van der Waals surface area contributed by atoms with Gasteiger partial charge in [0.1, 0.15) is 5.76 Å². The number of nitrogens with zero attached hydrogens (tertiary/aromatic N) is 1. The van der Waals surface area contributed by atoms with E-state index < -0.39 is 17.0 Å². The number of hydrogen-bond acceptors (Lipinski definition) is 5. The summed E-state index contributed by atoms with van der Waals surface area (Å²) in [6.07, 6.45) is 9.40. The van der Waals surface area contributed by atoms with Gasteiger partial charge in [-0.25, -0.2) is 4.79 Å². The fourth-order valence-electron chi connectivity index (χ4n) is 1.81. The molecule has 0 aliphatic rings. The lowest BCUT2D eigenvalue weighted by atomic mass is 10.0. The molecule has 0 radical (unpaired) electrons. The molecule has 0 bridgehead atoms. The van der Waals surface area contributed by atoms with Crippen molar-refractivity contribution in [1.29, 1.82) is 0 Å². The number of hydrogen-bond donors (Lipinski definition) is 2. The van der Waals surface area contributed by atoms with E-state index in [0.717, 1.165) is 0 Å². The van der Waals surface area contributed by atoms with Gasteiger partial charge in [0.05, 0.1) is 11.3 Å². The lowest BCUT2D eigenvalue weighted by molar-refractivity contribution is -0.424. The first-order valence-corrected chi connectivity index (χ1v) is 8.55. The zero-order valence-corrected chi connectivity index (χ0v) is 16.2. The number of allylic oxidation sites excluding steroid dienone is 9. The standard InChI is InChI=1S/C19H23ClN2O6/c1-4-7-16(20)9-6-8-15(12-18(23)24)13-21-19(25)28-17(5-2)11-10-14(3)22(26)27/h4-7,9-11,15H,1-2,8,12-13H2,3H3,(H,21,25)(H,23,24)/b9-6-,14-10+,16-7+,17-11+. The van der Waals surface area contributed by atoms with Crippen LogP contribution in [0.1, 0.15) is 19.8 Å². The molecule has 28 heavy (non-hydrogen) atoms. The molecule has 1 unspecified atom stereocenters. The lowest BCUT2D eigenvalue weighted by Gasteiger charge is -2.14. The molecule has 0 aliphatic carbocycles. The third-order valence-electron chi connectivity index (χ3n) is 3.21. The van der Waals surface area contributed by atoms with E-state index in [0.29, 0.717) is 11.5 Å². The second kappa shape index (κ2) is 14.0. The third kappa shape index (κ3) is 12.3. The van der Waals surface area contributed by atoms with Gasteiger partial charge in [-0.05, 0) is 36.6 Å². The quantitative estimate of drug-likeness (QED) is 0.214. The largest absolute Gasteiger partial charge is 0.481 e. The molecule has 0 aromatic heterocycles. The first kappa shape index (κ1) is 24.9. The Kier molecular flexibility index (Phi) is 12.4. The second-order valence-electron chi connectivity index (χ2n) is 5.50. The van der Waals surface area contributed by atoms with Crippen LogP contribution in [0.4, 0.5) is 4.79 Å². The molecule has 0 aromatic rings. The zero-order chi connectivity index (χ0) is 21.5. The molecule has 0 spiro atoms. The minimum absolute atomic E-state index is 0.00900. The van der Waals surface area contributed by atoms with E-state index in [1.807, 2.05) is 0 Å². The van der Waals surface area contributed by atoms with Crippen molar-refractivity contribution in [3.05, 3.63) is 82.3 Å². The van der Waals surface area contributed by atoms with Crippen LogP contribution in [0.15, 0.2) is 72.2 Å². The van der Waals surface area contributed by atoms with E-state index >= 15 is 0 Å². The normalized spacial score (nSPS) is 13.7. The highest BCUT2D eigenvalue weighted by molar-refractivity contribution is 6.31. The van der Waals surface area contributed by atoms with E-state index in [2.05, 4.69) is 18.5 Å². The lowest BCUT2D eigenvalue weighted by Crippen LogP contribution is -2.30. The van der Waals surface area contributed by atoms with Crippen molar-refractivity contribution in [2.75, 3.05) is 6.54 Å². The van der Waals surface area contributed by atoms with Gasteiger partial charge in [0.25, 0.3) is 0 Å². The van der Waals surface area contributed by atoms with Gasteiger partial charge in [-0.15, -0.1) is 0 Å². The maximum absolute atomic E-state index is 11.9. The summed E-state index contributed by atoms with van der Waals surface area (Å²) in [5, 5.41) is 22.4. The predicted octanol–water partition coefficient (Wildman–Crippen LogP) is 4.31. The number of halogens is 1. The van der Waals surface area contributed by atoms with E-state index in [1.54, 1.807) is 18.2 Å². The van der Waals surface area contributed by atoms with Crippen molar-refractivity contribution in [1.82, 2.24) is 5.32 Å². The number of amides is 1. The van der Waals surface area contributed by atoms with E-state index in [-0.39, 0.29) is 30.3 Å². The van der Waals surface area contributed by atoms with Gasteiger partial charge >= 0.3 is 12.1 Å². The summed E-state index contributed by atoms with van der Waals surface area (Å²) in [5.41, 5.74) is -0.138. The summed E-state index contributed by atoms with van der Waals surface area (Å²) in [4.78, 5) is 32.8. The van der Waals surface area contributed by atoms with Gasteiger partial charge in [0, 0.05) is 24.6 Å². The molecule has 0 aromatic carbocycles. The number of aliphatic carboxylic acids is 1. The Hall–Kier alpha value is -3.13. The molecular formula is C19H23ClN2O6. The molecular weight excluding hydrogens is 388 g/mol. The van der Waals surface area contributed by atoms with Gasteiger partial charge in [-0.3, -0.25) is 14.9 Å². The van der Waals surface area contributed by atoms with Crippen LogP contribution >= 0.6 is 11.6 Å². The number of ether oxygens (including phenoxy) is 1. The molecule has 2 N–H and O–H groups in total. The average molecular weight is 411 g/mol. The van der Waals surface area contributed by atoms with E-state index in [1.165, 1.54) is 31.2 Å². The molecule has 0 heterocycles. The van der Waals surface area contributed by atoms with Crippen molar-refractivity contribution in [2.24, 2.45) is 5.92 Å². The summed E-state index contributed by atoms with van der Waals surface area (Å²) in [6.45, 7) is 8.31. The Morgan fingerprint density at radius 2 is 2.00 bits per heavy atom. The number of nitrogens with one attached hydrogen (secondary N) is 1. The Morgan fingerprint density at radius 3 is 2.54 bits per heavy atom. The first-order valence-electron chi connectivity index (χ1n) is 8.17. The summed E-state index contributed by atoms with van der Waals surface area (Å²) in [5.74, 6) is -1.38. The Morgan fingerprint density at radius 1 is 1.32 bits per heavy atom. The fourth-order valence-corrected chi connectivity index (χ4v) is 1.98. The summed E-state index contributed by atoms with van der Waals surface area (Å²) in [6, 6.07) is 0. The average Bonchev–Trinajstić information content (AvgIpc) is 2.62. The van der Waals surface area contributed by atoms with Crippen molar-refractivity contribution >= 4 is 23.7 Å². The number of rotatable bonds is 12. The van der Waals surface area contributed by atoms with Gasteiger partial charge in [0.15, 0.2) is 0 Å². The Labute approximate surface area is 168 Å². The highest BCUT2D eigenvalue weighted by atomic mass is 35.5. The smallest absolute Gasteiger partial charge is 0.412 e. The molecule has 1 amide bonds. The monoisotopic (exact) mass is 410 g/mol. The Balaban J connectivity index is 4.82. The van der Waals surface area contributed by atoms with Crippen LogP contribution in [0.2, 0.25) is 0 Å². The van der Waals surface area contributed by atoms with Crippen LogP contribution in [0.25, 0.3) is 0 Å². The topological polar surface area (TPSA) is 119 Å². The van der Waals surface area contributed by atoms with Gasteiger partial charge in [-0.1, -0.05) is 36.9 Å². The minimum Gasteiger partial charge on any atom is -0.481 e. The van der Waals surface area contributed by atoms with Crippen LogP contribution in [0.5, 0.6) is 0 Å². The molecule has 1 atom stereocenters. The number of carboxylic acids is 1. The number of carbonyl (C=O) groups excluding carboxylic acids is 1. The first-order chi connectivity index (χ1) is 13.2. The summed E-state index contributed by atoms with van der Waals surface area (Å²) >= 11 is 5.88. The van der Waals surface area contributed by atoms with Crippen LogP contribution in [0, 0.1) is 16.0 Å². The second-order valence-corrected chi connectivity index (χ2v) is 5.93. The van der Waals surface area contributed by atoms with E-state index in [4.69, 9.17) is 21.4 Å². The van der Waals surface area contributed by atoms with E-state index in [9.17, 15) is 19.7 Å². The van der Waals surface area contributed by atoms with Gasteiger partial charge in [0.2, 0.25) is 5.70 Å². The maximum atomic E-state index is 11.9. The van der Waals surface area contributed by atoms with Crippen molar-refractivity contribution in [2.45, 2.75) is 19.8 Å². The molecule has 9 heteroatoms. The molecule has 0 saturated heterocycles. The van der Waals surface area contributed by atoms with Crippen molar-refractivity contribution in [3.63, 3.8) is 0 Å². The van der Waals surface area contributed by atoms with Crippen molar-refractivity contribution < 1.29 is 24.4 Å². The highest BCUT2D eigenvalue weighted by Gasteiger charge is 2.14. The molecule has 0 rings (SSSR count). The van der Waals surface area contributed by atoms with Crippen molar-refractivity contribution in [3.8, 4) is 0 Å². The molecule has 0 saturated carbocycles. The highest BCUT2D eigenvalue weighted by Crippen LogP contribution is 2.12. The predicted molar refractivity (Wildman–Crippen MR) is 107 cm³/mol. The Bertz CT molecular complexity index is 722. The molecule has 0 fully saturated rings. The number of nitro groups is 1. The van der Waals surface area contributed by atoms with Crippen LogP contribution in [-0.2, 0) is 9.53 Å². The number of carboxylic acid groups (broad SMARTS) is 1. The zero-order valence-electron chi connectivity index (χ0n) is 15.5. The maximum Gasteiger partial charge on any atom is 0.412 e. The van der Waals surface area contributed by atoms with Gasteiger partial charge < -0.3 is 15.2 Å². The third-order valence-corrected chi connectivity index (χ3v) is 3.46.